The summed E-state index contributed by atoms with van der Waals surface area (Å²) in [6, 6.07) is 12.1. The number of benzene rings is 2. The van der Waals surface area contributed by atoms with Crippen molar-refractivity contribution in [3.8, 4) is 5.75 Å². The summed E-state index contributed by atoms with van der Waals surface area (Å²) < 4.78 is 33.4. The van der Waals surface area contributed by atoms with Crippen molar-refractivity contribution in [1.82, 2.24) is 10.0 Å². The van der Waals surface area contributed by atoms with Crippen molar-refractivity contribution in [1.29, 1.82) is 0 Å². The fourth-order valence-electron chi connectivity index (χ4n) is 2.56. The van der Waals surface area contributed by atoms with Gasteiger partial charge in [-0.25, -0.2) is 13.1 Å². The molecule has 0 heterocycles. The van der Waals surface area contributed by atoms with Crippen LogP contribution < -0.4 is 14.8 Å². The van der Waals surface area contributed by atoms with Gasteiger partial charge < -0.3 is 10.1 Å². The predicted molar refractivity (Wildman–Crippen MR) is 113 cm³/mol. The topological polar surface area (TPSA) is 84.5 Å². The van der Waals surface area contributed by atoms with Crippen LogP contribution >= 0.6 is 15.9 Å². The standard InChI is InChI=1S/C20H25BrN2O4S/c1-4-10-22-28(25,26)18-8-9-19(14(2)11-18)27-13-20(24)23-15(3)16-6-5-7-17(21)12-16/h5-9,11-12,15,22H,4,10,13H2,1-3H3,(H,23,24). The van der Waals surface area contributed by atoms with Gasteiger partial charge in [-0.15, -0.1) is 0 Å². The second-order valence-electron chi connectivity index (χ2n) is 6.46. The van der Waals surface area contributed by atoms with E-state index in [9.17, 15) is 13.2 Å². The molecule has 0 radical (unpaired) electrons. The Labute approximate surface area is 174 Å². The van der Waals surface area contributed by atoms with Crippen LogP contribution in [0.2, 0.25) is 0 Å². The zero-order chi connectivity index (χ0) is 20.7. The van der Waals surface area contributed by atoms with Crippen LogP contribution in [0, 0.1) is 6.92 Å². The Bertz CT molecular complexity index is 932. The van der Waals surface area contributed by atoms with Crippen molar-refractivity contribution in [2.75, 3.05) is 13.2 Å². The maximum atomic E-state index is 12.2. The van der Waals surface area contributed by atoms with Gasteiger partial charge in [0.2, 0.25) is 10.0 Å². The number of halogens is 1. The molecule has 0 aliphatic carbocycles. The summed E-state index contributed by atoms with van der Waals surface area (Å²) in [4.78, 5) is 12.4. The Balaban J connectivity index is 1.96. The zero-order valence-corrected chi connectivity index (χ0v) is 18.6. The minimum atomic E-state index is -3.53. The molecule has 1 amide bonds. The van der Waals surface area contributed by atoms with Gasteiger partial charge in [0, 0.05) is 11.0 Å². The van der Waals surface area contributed by atoms with Crippen LogP contribution in [0.5, 0.6) is 5.75 Å². The van der Waals surface area contributed by atoms with Gasteiger partial charge in [-0.3, -0.25) is 4.79 Å². The maximum Gasteiger partial charge on any atom is 0.258 e. The number of ether oxygens (including phenoxy) is 1. The smallest absolute Gasteiger partial charge is 0.258 e. The first kappa shape index (κ1) is 22.4. The number of hydrogen-bond acceptors (Lipinski definition) is 4. The highest BCUT2D eigenvalue weighted by atomic mass is 79.9. The fourth-order valence-corrected chi connectivity index (χ4v) is 4.19. The lowest BCUT2D eigenvalue weighted by Gasteiger charge is -2.16. The van der Waals surface area contributed by atoms with E-state index in [1.54, 1.807) is 13.0 Å². The van der Waals surface area contributed by atoms with Crippen molar-refractivity contribution in [3.63, 3.8) is 0 Å². The van der Waals surface area contributed by atoms with Crippen LogP contribution in [0.25, 0.3) is 0 Å². The van der Waals surface area contributed by atoms with Crippen LogP contribution in [-0.4, -0.2) is 27.5 Å². The van der Waals surface area contributed by atoms with Gasteiger partial charge in [0.05, 0.1) is 10.9 Å². The van der Waals surface area contributed by atoms with E-state index >= 15 is 0 Å². The summed E-state index contributed by atoms with van der Waals surface area (Å²) in [7, 11) is -3.53. The van der Waals surface area contributed by atoms with E-state index in [0.29, 0.717) is 24.3 Å². The Hall–Kier alpha value is -1.90. The highest BCUT2D eigenvalue weighted by Crippen LogP contribution is 2.22. The number of nitrogens with one attached hydrogen (secondary N) is 2. The molecule has 2 rings (SSSR count). The zero-order valence-electron chi connectivity index (χ0n) is 16.2. The third kappa shape index (κ3) is 6.32. The Morgan fingerprint density at radius 3 is 2.61 bits per heavy atom. The first-order valence-corrected chi connectivity index (χ1v) is 11.3. The molecule has 0 spiro atoms. The van der Waals surface area contributed by atoms with Gasteiger partial charge in [0.15, 0.2) is 6.61 Å². The van der Waals surface area contributed by atoms with E-state index in [0.717, 1.165) is 10.0 Å². The summed E-state index contributed by atoms with van der Waals surface area (Å²) in [5, 5.41) is 2.88. The quantitative estimate of drug-likeness (QED) is 0.587. The Kier molecular flexibility index (Phi) is 8.03. The molecule has 2 aromatic rings. The molecule has 0 aromatic heterocycles. The average molecular weight is 469 g/mol. The summed E-state index contributed by atoms with van der Waals surface area (Å²) in [6.45, 7) is 5.77. The minimum Gasteiger partial charge on any atom is -0.484 e. The third-order valence-corrected chi connectivity index (χ3v) is 6.04. The van der Waals surface area contributed by atoms with Crippen molar-refractivity contribution in [3.05, 3.63) is 58.1 Å². The molecule has 1 unspecified atom stereocenters. The molecule has 28 heavy (non-hydrogen) atoms. The number of sulfonamides is 1. The summed E-state index contributed by atoms with van der Waals surface area (Å²) in [5.74, 6) is 0.216. The molecule has 152 valence electrons. The van der Waals surface area contributed by atoms with E-state index in [-0.39, 0.29) is 23.5 Å². The fraction of sp³-hybridized carbons (Fsp3) is 0.350. The molecule has 1 atom stereocenters. The molecule has 0 aliphatic heterocycles. The Morgan fingerprint density at radius 2 is 1.96 bits per heavy atom. The van der Waals surface area contributed by atoms with Crippen LogP contribution in [0.1, 0.15) is 37.4 Å². The number of aryl methyl sites for hydroxylation is 1. The van der Waals surface area contributed by atoms with Crippen LogP contribution in [-0.2, 0) is 14.8 Å². The van der Waals surface area contributed by atoms with Crippen LogP contribution in [0.4, 0.5) is 0 Å². The van der Waals surface area contributed by atoms with Crippen molar-refractivity contribution < 1.29 is 17.9 Å². The van der Waals surface area contributed by atoms with Crippen molar-refractivity contribution >= 4 is 31.9 Å². The first-order chi connectivity index (χ1) is 13.2. The molecule has 8 heteroatoms. The molecule has 0 saturated carbocycles. The lowest BCUT2D eigenvalue weighted by atomic mass is 10.1. The molecule has 6 nitrogen and oxygen atoms in total. The molecule has 0 bridgehead atoms. The number of hydrogen-bond donors (Lipinski definition) is 2. The molecule has 2 aromatic carbocycles. The SMILES string of the molecule is CCCNS(=O)(=O)c1ccc(OCC(=O)NC(C)c2cccc(Br)c2)c(C)c1. The van der Waals surface area contributed by atoms with Crippen molar-refractivity contribution in [2.24, 2.45) is 0 Å². The van der Waals surface area contributed by atoms with E-state index in [2.05, 4.69) is 26.0 Å². The predicted octanol–water partition coefficient (Wildman–Crippen LogP) is 3.70. The molecule has 0 aliphatic rings. The van der Waals surface area contributed by atoms with E-state index < -0.39 is 10.0 Å². The van der Waals surface area contributed by atoms with Gasteiger partial charge in [-0.05, 0) is 61.7 Å². The van der Waals surface area contributed by atoms with Gasteiger partial charge >= 0.3 is 0 Å². The first-order valence-electron chi connectivity index (χ1n) is 9.01. The highest BCUT2D eigenvalue weighted by molar-refractivity contribution is 9.10. The third-order valence-electron chi connectivity index (χ3n) is 4.08. The molecule has 2 N–H and O–H groups in total. The molecular weight excluding hydrogens is 444 g/mol. The normalized spacial score (nSPS) is 12.4. The molecular formula is C20H25BrN2O4S. The van der Waals surface area contributed by atoms with Crippen molar-refractivity contribution in [2.45, 2.75) is 38.1 Å². The lowest BCUT2D eigenvalue weighted by Crippen LogP contribution is -2.31. The van der Waals surface area contributed by atoms with Crippen LogP contribution in [0.15, 0.2) is 51.8 Å². The van der Waals surface area contributed by atoms with E-state index in [1.807, 2.05) is 38.1 Å². The summed E-state index contributed by atoms with van der Waals surface area (Å²) in [6.07, 6.45) is 0.715. The number of rotatable bonds is 9. The Morgan fingerprint density at radius 1 is 1.21 bits per heavy atom. The highest BCUT2D eigenvalue weighted by Gasteiger charge is 2.15. The number of carbonyl (C=O) groups excluding carboxylic acids is 1. The lowest BCUT2D eigenvalue weighted by molar-refractivity contribution is -0.123. The van der Waals surface area contributed by atoms with Gasteiger partial charge in [-0.1, -0.05) is 35.0 Å². The monoisotopic (exact) mass is 468 g/mol. The maximum absolute atomic E-state index is 12.2. The summed E-state index contributed by atoms with van der Waals surface area (Å²) in [5.41, 5.74) is 1.63. The second kappa shape index (κ2) is 10.0. The van der Waals surface area contributed by atoms with Crippen LogP contribution in [0.3, 0.4) is 0 Å². The van der Waals surface area contributed by atoms with Gasteiger partial charge in [0.25, 0.3) is 5.91 Å². The van der Waals surface area contributed by atoms with E-state index in [4.69, 9.17) is 4.74 Å². The van der Waals surface area contributed by atoms with Gasteiger partial charge in [-0.2, -0.15) is 0 Å². The van der Waals surface area contributed by atoms with E-state index in [1.165, 1.54) is 12.1 Å². The average Bonchev–Trinajstić information content (AvgIpc) is 2.65. The number of carbonyl (C=O) groups is 1. The minimum absolute atomic E-state index is 0.153. The second-order valence-corrected chi connectivity index (χ2v) is 9.14. The largest absolute Gasteiger partial charge is 0.484 e. The molecule has 0 saturated heterocycles. The molecule has 0 fully saturated rings. The van der Waals surface area contributed by atoms with Gasteiger partial charge in [0.1, 0.15) is 5.75 Å². The number of amides is 1. The summed E-state index contributed by atoms with van der Waals surface area (Å²) >= 11 is 3.41.